The van der Waals surface area contributed by atoms with Gasteiger partial charge in [-0.25, -0.2) is 4.98 Å². The fourth-order valence-electron chi connectivity index (χ4n) is 2.88. The van der Waals surface area contributed by atoms with Crippen molar-refractivity contribution in [3.8, 4) is 0 Å². The molecule has 1 aromatic carbocycles. The lowest BCUT2D eigenvalue weighted by Gasteiger charge is -2.21. The fourth-order valence-corrected chi connectivity index (χ4v) is 2.88. The third-order valence-corrected chi connectivity index (χ3v) is 4.05. The van der Waals surface area contributed by atoms with Crippen LogP contribution in [0, 0.1) is 0 Å². The van der Waals surface area contributed by atoms with Gasteiger partial charge in [0.15, 0.2) is 5.78 Å². The number of benzene rings is 1. The molecule has 1 aliphatic carbocycles. The molecular formula is C17H20N2O. The van der Waals surface area contributed by atoms with Crippen LogP contribution in [0.25, 0.3) is 0 Å². The first-order valence-electron chi connectivity index (χ1n) is 7.42. The third kappa shape index (κ3) is 2.98. The minimum Gasteiger partial charge on any atom is -0.327 e. The second-order valence-electron chi connectivity index (χ2n) is 5.53. The average Bonchev–Trinajstić information content (AvgIpc) is 2.95. The van der Waals surface area contributed by atoms with Gasteiger partial charge < -0.3 is 4.57 Å². The van der Waals surface area contributed by atoms with Crippen molar-refractivity contribution in [2.24, 2.45) is 0 Å². The number of Topliss-reactive ketones (excluding diaryl/α,β-unsaturated/α-hetero) is 1. The molecule has 1 fully saturated rings. The molecular weight excluding hydrogens is 248 g/mol. The average molecular weight is 268 g/mol. The van der Waals surface area contributed by atoms with E-state index in [0.717, 1.165) is 44.2 Å². The molecule has 104 valence electrons. The summed E-state index contributed by atoms with van der Waals surface area (Å²) in [6.07, 6.45) is 9.69. The SMILES string of the molecule is O=C1CCCCC1n1cnc(CCc2ccccc2)c1. The Morgan fingerprint density at radius 3 is 2.80 bits per heavy atom. The van der Waals surface area contributed by atoms with Crippen molar-refractivity contribution in [2.75, 3.05) is 0 Å². The van der Waals surface area contributed by atoms with E-state index >= 15 is 0 Å². The second kappa shape index (κ2) is 6.04. The molecule has 1 aromatic heterocycles. The van der Waals surface area contributed by atoms with Gasteiger partial charge >= 0.3 is 0 Å². The summed E-state index contributed by atoms with van der Waals surface area (Å²) in [5, 5.41) is 0. The molecule has 0 bridgehead atoms. The first-order valence-corrected chi connectivity index (χ1v) is 7.42. The molecule has 1 saturated carbocycles. The van der Waals surface area contributed by atoms with Crippen LogP contribution >= 0.6 is 0 Å². The number of aryl methyl sites for hydroxylation is 2. The van der Waals surface area contributed by atoms with Gasteiger partial charge in [-0.3, -0.25) is 4.79 Å². The molecule has 0 radical (unpaired) electrons. The van der Waals surface area contributed by atoms with E-state index < -0.39 is 0 Å². The van der Waals surface area contributed by atoms with Crippen LogP contribution in [0.2, 0.25) is 0 Å². The van der Waals surface area contributed by atoms with Crippen molar-refractivity contribution in [3.05, 3.63) is 54.1 Å². The van der Waals surface area contributed by atoms with E-state index in [1.807, 2.05) is 17.0 Å². The van der Waals surface area contributed by atoms with Gasteiger partial charge in [0.25, 0.3) is 0 Å². The number of ketones is 1. The van der Waals surface area contributed by atoms with Gasteiger partial charge in [-0.05, 0) is 31.2 Å². The van der Waals surface area contributed by atoms with Gasteiger partial charge in [0, 0.05) is 12.6 Å². The molecule has 3 rings (SSSR count). The molecule has 0 amide bonds. The highest BCUT2D eigenvalue weighted by atomic mass is 16.1. The van der Waals surface area contributed by atoms with Crippen LogP contribution in [-0.4, -0.2) is 15.3 Å². The van der Waals surface area contributed by atoms with Gasteiger partial charge in [-0.2, -0.15) is 0 Å². The van der Waals surface area contributed by atoms with E-state index in [2.05, 4.69) is 35.4 Å². The predicted molar refractivity (Wildman–Crippen MR) is 78.6 cm³/mol. The van der Waals surface area contributed by atoms with Crippen molar-refractivity contribution in [2.45, 2.75) is 44.6 Å². The molecule has 1 heterocycles. The summed E-state index contributed by atoms with van der Waals surface area (Å²) < 4.78 is 2.02. The number of hydrogen-bond donors (Lipinski definition) is 0. The summed E-state index contributed by atoms with van der Waals surface area (Å²) in [4.78, 5) is 16.4. The number of carbonyl (C=O) groups excluding carboxylic acids is 1. The molecule has 1 aliphatic rings. The van der Waals surface area contributed by atoms with E-state index in [9.17, 15) is 4.79 Å². The van der Waals surface area contributed by atoms with Crippen molar-refractivity contribution >= 4 is 5.78 Å². The van der Waals surface area contributed by atoms with E-state index in [1.54, 1.807) is 0 Å². The largest absolute Gasteiger partial charge is 0.327 e. The zero-order valence-electron chi connectivity index (χ0n) is 11.7. The first-order chi connectivity index (χ1) is 9.83. The Hall–Kier alpha value is -1.90. The third-order valence-electron chi connectivity index (χ3n) is 4.05. The van der Waals surface area contributed by atoms with Gasteiger partial charge in [0.1, 0.15) is 0 Å². The number of carbonyl (C=O) groups is 1. The smallest absolute Gasteiger partial charge is 0.155 e. The number of nitrogens with zero attached hydrogens (tertiary/aromatic N) is 2. The molecule has 0 aliphatic heterocycles. The summed E-state index contributed by atoms with van der Waals surface area (Å²) in [7, 11) is 0. The summed E-state index contributed by atoms with van der Waals surface area (Å²) >= 11 is 0. The summed E-state index contributed by atoms with van der Waals surface area (Å²) in [5.41, 5.74) is 2.41. The van der Waals surface area contributed by atoms with Crippen LogP contribution < -0.4 is 0 Å². The van der Waals surface area contributed by atoms with E-state index in [0.29, 0.717) is 5.78 Å². The zero-order chi connectivity index (χ0) is 13.8. The highest BCUT2D eigenvalue weighted by molar-refractivity contribution is 5.83. The van der Waals surface area contributed by atoms with Crippen molar-refractivity contribution < 1.29 is 4.79 Å². The Labute approximate surface area is 119 Å². The molecule has 1 unspecified atom stereocenters. The Morgan fingerprint density at radius 2 is 2.00 bits per heavy atom. The van der Waals surface area contributed by atoms with Gasteiger partial charge in [0.2, 0.25) is 0 Å². The van der Waals surface area contributed by atoms with E-state index in [4.69, 9.17) is 0 Å². The molecule has 1 atom stereocenters. The summed E-state index contributed by atoms with van der Waals surface area (Å²) in [5.74, 6) is 0.364. The number of rotatable bonds is 4. The topological polar surface area (TPSA) is 34.9 Å². The minimum absolute atomic E-state index is 0.0294. The molecule has 3 nitrogen and oxygen atoms in total. The van der Waals surface area contributed by atoms with Gasteiger partial charge in [-0.1, -0.05) is 36.8 Å². The van der Waals surface area contributed by atoms with Crippen LogP contribution in [0.4, 0.5) is 0 Å². The molecule has 2 aromatic rings. The molecule has 3 heteroatoms. The Balaban J connectivity index is 1.63. The number of aromatic nitrogens is 2. The lowest BCUT2D eigenvalue weighted by atomic mass is 9.94. The summed E-state index contributed by atoms with van der Waals surface area (Å²) in [6.45, 7) is 0. The highest BCUT2D eigenvalue weighted by Gasteiger charge is 2.23. The van der Waals surface area contributed by atoms with E-state index in [-0.39, 0.29) is 6.04 Å². The van der Waals surface area contributed by atoms with Crippen molar-refractivity contribution in [3.63, 3.8) is 0 Å². The standard InChI is InChI=1S/C17H20N2O/c20-17-9-5-4-8-16(17)19-12-15(18-13-19)11-10-14-6-2-1-3-7-14/h1-3,6-7,12-13,16H,4-5,8-11H2. The maximum atomic E-state index is 11.9. The maximum Gasteiger partial charge on any atom is 0.155 e. The Kier molecular flexibility index (Phi) is 3.95. The number of hydrogen-bond acceptors (Lipinski definition) is 2. The Morgan fingerprint density at radius 1 is 1.15 bits per heavy atom. The minimum atomic E-state index is 0.0294. The van der Waals surface area contributed by atoms with Gasteiger partial charge in [-0.15, -0.1) is 0 Å². The molecule has 0 spiro atoms. The zero-order valence-corrected chi connectivity index (χ0v) is 11.7. The monoisotopic (exact) mass is 268 g/mol. The highest BCUT2D eigenvalue weighted by Crippen LogP contribution is 2.25. The van der Waals surface area contributed by atoms with Gasteiger partial charge in [0.05, 0.1) is 18.1 Å². The van der Waals surface area contributed by atoms with Crippen LogP contribution in [-0.2, 0) is 17.6 Å². The maximum absolute atomic E-state index is 11.9. The van der Waals surface area contributed by atoms with Crippen molar-refractivity contribution in [1.82, 2.24) is 9.55 Å². The van der Waals surface area contributed by atoms with E-state index in [1.165, 1.54) is 5.56 Å². The van der Waals surface area contributed by atoms with Crippen LogP contribution in [0.3, 0.4) is 0 Å². The second-order valence-corrected chi connectivity index (χ2v) is 5.53. The quantitative estimate of drug-likeness (QED) is 0.852. The molecule has 20 heavy (non-hydrogen) atoms. The lowest BCUT2D eigenvalue weighted by molar-refractivity contribution is -0.123. The summed E-state index contributed by atoms with van der Waals surface area (Å²) in [6, 6.07) is 10.5. The lowest BCUT2D eigenvalue weighted by Crippen LogP contribution is -2.21. The fraction of sp³-hybridized carbons (Fsp3) is 0.412. The van der Waals surface area contributed by atoms with Crippen LogP contribution in [0.5, 0.6) is 0 Å². The van der Waals surface area contributed by atoms with Crippen molar-refractivity contribution in [1.29, 1.82) is 0 Å². The van der Waals surface area contributed by atoms with Crippen LogP contribution in [0.1, 0.15) is 43.0 Å². The molecule has 0 saturated heterocycles. The molecule has 0 N–H and O–H groups in total. The number of imidazole rings is 1. The first kappa shape index (κ1) is 13.1. The predicted octanol–water partition coefficient (Wildman–Crippen LogP) is 3.35. The van der Waals surface area contributed by atoms with Crippen LogP contribution in [0.15, 0.2) is 42.9 Å². The normalized spacial score (nSPS) is 19.2. The Bertz CT molecular complexity index is 574.